The van der Waals surface area contributed by atoms with Gasteiger partial charge >= 0.3 is 0 Å². The second-order valence-electron chi connectivity index (χ2n) is 4.71. The molecule has 1 N–H and O–H groups in total. The molecule has 114 valence electrons. The van der Waals surface area contributed by atoms with Crippen molar-refractivity contribution < 1.29 is 9.18 Å². The summed E-state index contributed by atoms with van der Waals surface area (Å²) < 4.78 is 13.0. The molecule has 4 nitrogen and oxygen atoms in total. The molecule has 2 heterocycles. The van der Waals surface area contributed by atoms with E-state index in [0.29, 0.717) is 11.5 Å². The first-order chi connectivity index (χ1) is 8.70. The molecule has 1 aromatic heterocycles. The molecule has 1 fully saturated rings. The fourth-order valence-corrected chi connectivity index (χ4v) is 2.42. The molecule has 0 spiro atoms. The van der Waals surface area contributed by atoms with E-state index in [2.05, 4.69) is 10.3 Å². The Balaban J connectivity index is 0.00000180. The van der Waals surface area contributed by atoms with E-state index in [9.17, 15) is 9.18 Å². The van der Waals surface area contributed by atoms with Crippen molar-refractivity contribution in [2.45, 2.75) is 12.8 Å². The lowest BCUT2D eigenvalue weighted by molar-refractivity contribution is 0.0673. The summed E-state index contributed by atoms with van der Waals surface area (Å²) in [6.45, 7) is 2.39. The number of aromatic nitrogens is 1. The minimum Gasteiger partial charge on any atom is -0.338 e. The molecule has 0 radical (unpaired) electrons. The van der Waals surface area contributed by atoms with E-state index < -0.39 is 5.82 Å². The van der Waals surface area contributed by atoms with Gasteiger partial charge in [0.2, 0.25) is 0 Å². The Labute approximate surface area is 131 Å². The Kier molecular flexibility index (Phi) is 8.69. The van der Waals surface area contributed by atoms with Gasteiger partial charge in [-0.3, -0.25) is 9.78 Å². The number of hydrogen-bond acceptors (Lipinski definition) is 3. The number of nitrogens with one attached hydrogen (secondary N) is 1. The van der Waals surface area contributed by atoms with Gasteiger partial charge in [0, 0.05) is 19.3 Å². The van der Waals surface area contributed by atoms with E-state index in [1.54, 1.807) is 4.90 Å². The number of nitrogens with zero attached hydrogens (tertiary/aromatic N) is 2. The number of hydrogen-bond donors (Lipinski definition) is 1. The normalized spacial score (nSPS) is 17.9. The van der Waals surface area contributed by atoms with Crippen LogP contribution in [0, 0.1) is 11.7 Å². The first kappa shape index (κ1) is 19.1. The standard InChI is InChI=1S/C13H18FN3O.2ClH/c1-15-6-10-3-2-4-17(9-10)13(18)11-5-12(14)8-16-7-11;;/h5,7-8,10,15H,2-4,6,9H2,1H3;2*1H. The van der Waals surface area contributed by atoms with Crippen molar-refractivity contribution in [3.63, 3.8) is 0 Å². The molecule has 2 rings (SSSR count). The van der Waals surface area contributed by atoms with Crippen molar-refractivity contribution in [3.05, 3.63) is 29.8 Å². The van der Waals surface area contributed by atoms with Gasteiger partial charge in [-0.1, -0.05) is 0 Å². The molecule has 7 heteroatoms. The summed E-state index contributed by atoms with van der Waals surface area (Å²) in [4.78, 5) is 17.7. The minimum atomic E-state index is -0.468. The summed E-state index contributed by atoms with van der Waals surface area (Å²) in [7, 11) is 1.91. The van der Waals surface area contributed by atoms with E-state index >= 15 is 0 Å². The second kappa shape index (κ2) is 9.10. The van der Waals surface area contributed by atoms with Crippen LogP contribution in [0.15, 0.2) is 18.5 Å². The highest BCUT2D eigenvalue weighted by Crippen LogP contribution is 2.18. The molecule has 1 aliphatic rings. The van der Waals surface area contributed by atoms with Crippen LogP contribution in [-0.2, 0) is 0 Å². The van der Waals surface area contributed by atoms with Crippen molar-refractivity contribution in [1.82, 2.24) is 15.2 Å². The topological polar surface area (TPSA) is 45.2 Å². The highest BCUT2D eigenvalue weighted by Gasteiger charge is 2.24. The van der Waals surface area contributed by atoms with Crippen LogP contribution in [0.25, 0.3) is 0 Å². The second-order valence-corrected chi connectivity index (χ2v) is 4.71. The number of halogens is 3. The first-order valence-corrected chi connectivity index (χ1v) is 6.25. The third-order valence-electron chi connectivity index (χ3n) is 3.25. The predicted octanol–water partition coefficient (Wildman–Crippen LogP) is 2.14. The van der Waals surface area contributed by atoms with Gasteiger partial charge in [-0.05, 0) is 38.4 Å². The van der Waals surface area contributed by atoms with Crippen LogP contribution >= 0.6 is 24.8 Å². The van der Waals surface area contributed by atoms with Gasteiger partial charge in [0.1, 0.15) is 5.82 Å². The number of carbonyl (C=O) groups excluding carboxylic acids is 1. The van der Waals surface area contributed by atoms with Crippen LogP contribution < -0.4 is 5.32 Å². The van der Waals surface area contributed by atoms with Crippen molar-refractivity contribution in [2.75, 3.05) is 26.7 Å². The number of pyridine rings is 1. The SMILES string of the molecule is CNCC1CCCN(C(=O)c2cncc(F)c2)C1.Cl.Cl. The van der Waals surface area contributed by atoms with Gasteiger partial charge in [0.25, 0.3) is 5.91 Å². The minimum absolute atomic E-state index is 0. The quantitative estimate of drug-likeness (QED) is 0.926. The lowest BCUT2D eigenvalue weighted by Crippen LogP contribution is -2.42. The van der Waals surface area contributed by atoms with Crippen LogP contribution in [0.3, 0.4) is 0 Å². The Morgan fingerprint density at radius 1 is 1.50 bits per heavy atom. The molecular formula is C13H20Cl2FN3O. The third-order valence-corrected chi connectivity index (χ3v) is 3.25. The maximum atomic E-state index is 13.0. The molecular weight excluding hydrogens is 304 g/mol. The molecule has 0 saturated carbocycles. The molecule has 0 aromatic carbocycles. The molecule has 20 heavy (non-hydrogen) atoms. The Hall–Kier alpha value is -0.910. The average molecular weight is 324 g/mol. The number of piperidine rings is 1. The molecule has 1 unspecified atom stereocenters. The summed E-state index contributed by atoms with van der Waals surface area (Å²) in [5.41, 5.74) is 0.333. The summed E-state index contributed by atoms with van der Waals surface area (Å²) in [6.07, 6.45) is 4.66. The first-order valence-electron chi connectivity index (χ1n) is 6.25. The van der Waals surface area contributed by atoms with Crippen LogP contribution in [0.1, 0.15) is 23.2 Å². The summed E-state index contributed by atoms with van der Waals surface area (Å²) in [6, 6.07) is 1.25. The van der Waals surface area contributed by atoms with Crippen LogP contribution in [-0.4, -0.2) is 42.5 Å². The van der Waals surface area contributed by atoms with Gasteiger partial charge in [0.15, 0.2) is 0 Å². The van der Waals surface area contributed by atoms with Crippen LogP contribution in [0.5, 0.6) is 0 Å². The summed E-state index contributed by atoms with van der Waals surface area (Å²) >= 11 is 0. The molecule has 0 aliphatic carbocycles. The molecule has 1 saturated heterocycles. The molecule has 1 atom stereocenters. The van der Waals surface area contributed by atoms with Gasteiger partial charge in [-0.25, -0.2) is 4.39 Å². The Bertz CT molecular complexity index is 432. The van der Waals surface area contributed by atoms with Gasteiger partial charge in [-0.2, -0.15) is 0 Å². The third kappa shape index (κ3) is 4.89. The van der Waals surface area contributed by atoms with Gasteiger partial charge < -0.3 is 10.2 Å². The van der Waals surface area contributed by atoms with Crippen molar-refractivity contribution in [1.29, 1.82) is 0 Å². The van der Waals surface area contributed by atoms with Gasteiger partial charge in [0.05, 0.1) is 11.8 Å². The highest BCUT2D eigenvalue weighted by molar-refractivity contribution is 5.94. The zero-order valence-electron chi connectivity index (χ0n) is 11.3. The van der Waals surface area contributed by atoms with Crippen LogP contribution in [0.4, 0.5) is 4.39 Å². The highest BCUT2D eigenvalue weighted by atomic mass is 35.5. The maximum Gasteiger partial charge on any atom is 0.255 e. The summed E-state index contributed by atoms with van der Waals surface area (Å²) in [5.74, 6) is -0.110. The van der Waals surface area contributed by atoms with Crippen LogP contribution in [0.2, 0.25) is 0 Å². The molecule has 1 aromatic rings. The maximum absolute atomic E-state index is 13.0. The Morgan fingerprint density at radius 3 is 2.90 bits per heavy atom. The number of likely N-dealkylation sites (tertiary alicyclic amines) is 1. The average Bonchev–Trinajstić information content (AvgIpc) is 2.39. The van der Waals surface area contributed by atoms with E-state index in [1.165, 1.54) is 12.3 Å². The zero-order valence-corrected chi connectivity index (χ0v) is 13.0. The van der Waals surface area contributed by atoms with E-state index in [4.69, 9.17) is 0 Å². The van der Waals surface area contributed by atoms with Crippen molar-refractivity contribution >= 4 is 30.7 Å². The Morgan fingerprint density at radius 2 is 2.25 bits per heavy atom. The molecule has 0 bridgehead atoms. The molecule has 1 amide bonds. The lowest BCUT2D eigenvalue weighted by Gasteiger charge is -2.32. The summed E-state index contributed by atoms with van der Waals surface area (Å²) in [5, 5.41) is 3.14. The molecule has 1 aliphatic heterocycles. The van der Waals surface area contributed by atoms with Gasteiger partial charge in [-0.15, -0.1) is 24.8 Å². The zero-order chi connectivity index (χ0) is 13.0. The number of amides is 1. The lowest BCUT2D eigenvalue weighted by atomic mass is 9.97. The van der Waals surface area contributed by atoms with E-state index in [1.807, 2.05) is 7.05 Å². The largest absolute Gasteiger partial charge is 0.338 e. The fraction of sp³-hybridized carbons (Fsp3) is 0.538. The predicted molar refractivity (Wildman–Crippen MR) is 81.2 cm³/mol. The fourth-order valence-electron chi connectivity index (χ4n) is 2.42. The van der Waals surface area contributed by atoms with Crippen molar-refractivity contribution in [3.8, 4) is 0 Å². The van der Waals surface area contributed by atoms with E-state index in [-0.39, 0.29) is 30.7 Å². The number of rotatable bonds is 3. The van der Waals surface area contributed by atoms with Crippen molar-refractivity contribution in [2.24, 2.45) is 5.92 Å². The van der Waals surface area contributed by atoms with E-state index in [0.717, 1.165) is 38.7 Å². The monoisotopic (exact) mass is 323 g/mol. The number of carbonyl (C=O) groups is 1. The smallest absolute Gasteiger partial charge is 0.255 e.